The lowest BCUT2D eigenvalue weighted by atomic mass is 9.83. The van der Waals surface area contributed by atoms with E-state index in [-0.39, 0.29) is 29.1 Å². The number of fused-ring (bicyclic) bond motifs is 2. The van der Waals surface area contributed by atoms with Crippen molar-refractivity contribution in [3.05, 3.63) is 97.4 Å². The Kier molecular flexibility index (Phi) is 7.69. The van der Waals surface area contributed by atoms with Crippen LogP contribution >= 0.6 is 39.0 Å². The number of ether oxygens (including phenoxy) is 2. The van der Waals surface area contributed by atoms with E-state index in [4.69, 9.17) is 9.47 Å². The average Bonchev–Trinajstić information content (AvgIpc) is 3.44. The minimum Gasteiger partial charge on any atom is -0.493 e. The van der Waals surface area contributed by atoms with Gasteiger partial charge in [0.15, 0.2) is 11.5 Å². The molecule has 0 bridgehead atoms. The molecule has 12 heteroatoms. The van der Waals surface area contributed by atoms with E-state index in [9.17, 15) is 19.2 Å². The molecule has 3 heterocycles. The number of rotatable bonds is 7. The van der Waals surface area contributed by atoms with Crippen LogP contribution in [0.1, 0.15) is 16.4 Å². The zero-order valence-corrected chi connectivity index (χ0v) is 25.6. The standard InChI is InChI=1S/C30H24BrN3O6S2/c1-39-20-13-8-16(14-21(20)40-2)23-24-25(28(37)34(27(24)36)19-11-9-17(31)10-12-19)41-29-26(23)42-30(38)33(29)15-22(35)32-18-6-4-3-5-7-18/h3-14,23-25H,15H2,1-2H3,(H,32,35)/t23-,24?,25?/m1/s1. The molecular weight excluding hydrogens is 642 g/mol. The third-order valence-electron chi connectivity index (χ3n) is 7.26. The number of benzene rings is 3. The summed E-state index contributed by atoms with van der Waals surface area (Å²) in [5.74, 6) is -1.52. The molecule has 2 aliphatic rings. The van der Waals surface area contributed by atoms with Crippen LogP contribution in [0.4, 0.5) is 11.4 Å². The molecule has 0 spiro atoms. The predicted octanol–water partition coefficient (Wildman–Crippen LogP) is 5.12. The molecule has 1 N–H and O–H groups in total. The third-order valence-corrected chi connectivity index (χ3v) is 10.4. The van der Waals surface area contributed by atoms with Gasteiger partial charge < -0.3 is 14.8 Å². The SMILES string of the molecule is COc1ccc([C@H]2c3sc(=O)n(CC(=O)Nc4ccccc4)c3SC3C(=O)N(c4ccc(Br)cc4)C(=O)C32)cc1OC. The molecule has 4 aromatic rings. The highest BCUT2D eigenvalue weighted by molar-refractivity contribution is 9.10. The number of para-hydroxylation sites is 1. The van der Waals surface area contributed by atoms with Crippen LogP contribution in [-0.2, 0) is 20.9 Å². The number of thiazole rings is 1. The van der Waals surface area contributed by atoms with E-state index in [1.54, 1.807) is 60.7 Å². The summed E-state index contributed by atoms with van der Waals surface area (Å²) in [5, 5.41) is 2.52. The van der Waals surface area contributed by atoms with Crippen molar-refractivity contribution in [3.63, 3.8) is 0 Å². The number of nitrogens with one attached hydrogen (secondary N) is 1. The first-order valence-electron chi connectivity index (χ1n) is 12.9. The van der Waals surface area contributed by atoms with Gasteiger partial charge in [0.05, 0.1) is 30.9 Å². The van der Waals surface area contributed by atoms with Gasteiger partial charge in [0.1, 0.15) is 11.8 Å². The van der Waals surface area contributed by atoms with Gasteiger partial charge in [-0.3, -0.25) is 23.7 Å². The average molecular weight is 667 g/mol. The molecule has 42 heavy (non-hydrogen) atoms. The molecule has 1 saturated heterocycles. The fourth-order valence-corrected chi connectivity index (χ4v) is 8.41. The summed E-state index contributed by atoms with van der Waals surface area (Å²) in [6, 6.07) is 21.3. The van der Waals surface area contributed by atoms with Crippen molar-refractivity contribution >= 4 is 68.1 Å². The Morgan fingerprint density at radius 1 is 0.929 bits per heavy atom. The maximum Gasteiger partial charge on any atom is 0.308 e. The van der Waals surface area contributed by atoms with Gasteiger partial charge in [-0.1, -0.05) is 63.3 Å². The lowest BCUT2D eigenvalue weighted by Crippen LogP contribution is -2.33. The van der Waals surface area contributed by atoms with Crippen molar-refractivity contribution < 1.29 is 23.9 Å². The Bertz CT molecular complexity index is 1760. The number of carbonyl (C=O) groups is 3. The van der Waals surface area contributed by atoms with E-state index in [2.05, 4.69) is 21.2 Å². The normalized spacial score (nSPS) is 19.3. The number of nitrogens with zero attached hydrogens (tertiary/aromatic N) is 2. The lowest BCUT2D eigenvalue weighted by Gasteiger charge is -2.31. The monoisotopic (exact) mass is 665 g/mol. The number of methoxy groups -OCH3 is 2. The van der Waals surface area contributed by atoms with Gasteiger partial charge in [-0.15, -0.1) is 0 Å². The Labute approximate surface area is 257 Å². The van der Waals surface area contributed by atoms with Gasteiger partial charge in [0.2, 0.25) is 17.7 Å². The molecule has 1 aromatic heterocycles. The highest BCUT2D eigenvalue weighted by Gasteiger charge is 2.57. The van der Waals surface area contributed by atoms with E-state index in [1.165, 1.54) is 35.4 Å². The van der Waals surface area contributed by atoms with Gasteiger partial charge >= 0.3 is 4.87 Å². The first kappa shape index (κ1) is 28.3. The summed E-state index contributed by atoms with van der Waals surface area (Å²) in [6.45, 7) is -0.235. The lowest BCUT2D eigenvalue weighted by molar-refractivity contribution is -0.122. The number of hydrogen-bond acceptors (Lipinski definition) is 8. The Hall–Kier alpha value is -3.87. The predicted molar refractivity (Wildman–Crippen MR) is 165 cm³/mol. The van der Waals surface area contributed by atoms with Gasteiger partial charge in [-0.25, -0.2) is 4.90 Å². The minimum absolute atomic E-state index is 0.235. The third kappa shape index (κ3) is 4.93. The van der Waals surface area contributed by atoms with Crippen LogP contribution in [0.3, 0.4) is 0 Å². The van der Waals surface area contributed by atoms with Crippen molar-refractivity contribution in [3.8, 4) is 11.5 Å². The first-order valence-corrected chi connectivity index (χ1v) is 15.4. The van der Waals surface area contributed by atoms with Crippen molar-refractivity contribution in [1.82, 2.24) is 4.57 Å². The van der Waals surface area contributed by atoms with E-state index in [0.717, 1.165) is 15.8 Å². The number of aromatic nitrogens is 1. The first-order chi connectivity index (χ1) is 20.3. The molecule has 3 atom stereocenters. The molecule has 3 amide bonds. The van der Waals surface area contributed by atoms with Crippen LogP contribution in [0.2, 0.25) is 0 Å². The maximum atomic E-state index is 14.1. The van der Waals surface area contributed by atoms with Gasteiger partial charge in [-0.05, 0) is 54.1 Å². The van der Waals surface area contributed by atoms with E-state index < -0.39 is 17.1 Å². The number of anilines is 2. The van der Waals surface area contributed by atoms with Crippen molar-refractivity contribution in [2.24, 2.45) is 5.92 Å². The number of imide groups is 1. The Morgan fingerprint density at radius 3 is 2.33 bits per heavy atom. The summed E-state index contributed by atoms with van der Waals surface area (Å²) >= 11 is 5.56. The fourth-order valence-electron chi connectivity index (χ4n) is 5.37. The Balaban J connectivity index is 1.45. The summed E-state index contributed by atoms with van der Waals surface area (Å²) in [6.07, 6.45) is 0. The second kappa shape index (κ2) is 11.4. The second-order valence-corrected chi connectivity index (χ2v) is 12.7. The van der Waals surface area contributed by atoms with Crippen LogP contribution in [-0.4, -0.2) is 41.8 Å². The molecule has 9 nitrogen and oxygen atoms in total. The number of halogens is 1. The van der Waals surface area contributed by atoms with Crippen molar-refractivity contribution in [2.75, 3.05) is 24.4 Å². The summed E-state index contributed by atoms with van der Waals surface area (Å²) in [5.41, 5.74) is 1.78. The van der Waals surface area contributed by atoms with Gasteiger partial charge in [0.25, 0.3) is 0 Å². The zero-order chi connectivity index (χ0) is 29.5. The molecule has 0 radical (unpaired) electrons. The molecule has 3 aromatic carbocycles. The van der Waals surface area contributed by atoms with Crippen LogP contribution < -0.4 is 24.6 Å². The molecule has 2 unspecified atom stereocenters. The fraction of sp³-hybridized carbons (Fsp3) is 0.200. The second-order valence-electron chi connectivity index (χ2n) is 9.68. The van der Waals surface area contributed by atoms with Gasteiger partial charge in [0, 0.05) is 21.0 Å². The minimum atomic E-state index is -0.802. The Morgan fingerprint density at radius 2 is 1.64 bits per heavy atom. The molecule has 214 valence electrons. The van der Waals surface area contributed by atoms with Crippen LogP contribution in [0.5, 0.6) is 11.5 Å². The van der Waals surface area contributed by atoms with E-state index >= 15 is 0 Å². The summed E-state index contributed by atoms with van der Waals surface area (Å²) in [4.78, 5) is 55.8. The highest BCUT2D eigenvalue weighted by Crippen LogP contribution is 2.54. The summed E-state index contributed by atoms with van der Waals surface area (Å²) < 4.78 is 13.2. The molecule has 6 rings (SSSR count). The number of hydrogen-bond donors (Lipinski definition) is 1. The quantitative estimate of drug-likeness (QED) is 0.273. The topological polar surface area (TPSA) is 107 Å². The molecule has 0 aliphatic carbocycles. The van der Waals surface area contributed by atoms with E-state index in [0.29, 0.717) is 38.3 Å². The van der Waals surface area contributed by atoms with Crippen LogP contribution in [0.25, 0.3) is 0 Å². The van der Waals surface area contributed by atoms with Gasteiger partial charge in [-0.2, -0.15) is 0 Å². The number of carbonyl (C=O) groups excluding carboxylic acids is 3. The maximum absolute atomic E-state index is 14.1. The van der Waals surface area contributed by atoms with Crippen molar-refractivity contribution in [1.29, 1.82) is 0 Å². The van der Waals surface area contributed by atoms with Crippen LogP contribution in [0, 0.1) is 5.92 Å². The molecule has 2 aliphatic heterocycles. The smallest absolute Gasteiger partial charge is 0.308 e. The zero-order valence-electron chi connectivity index (χ0n) is 22.4. The van der Waals surface area contributed by atoms with Crippen LogP contribution in [0.15, 0.2) is 87.1 Å². The van der Waals surface area contributed by atoms with Crippen molar-refractivity contribution in [2.45, 2.75) is 22.7 Å². The highest BCUT2D eigenvalue weighted by atomic mass is 79.9. The molecular formula is C30H24BrN3O6S2. The number of thioether (sulfide) groups is 1. The summed E-state index contributed by atoms with van der Waals surface area (Å²) in [7, 11) is 3.05. The molecule has 0 saturated carbocycles. The van der Waals surface area contributed by atoms with E-state index in [1.807, 2.05) is 12.1 Å². The molecule has 1 fully saturated rings. The number of amides is 3. The largest absolute Gasteiger partial charge is 0.493 e.